The molecule has 5 heteroatoms. The molecule has 104 valence electrons. The molecule has 0 saturated heterocycles. The zero-order valence-corrected chi connectivity index (χ0v) is 11.7. The van der Waals surface area contributed by atoms with Gasteiger partial charge in [0.05, 0.1) is 10.6 Å². The van der Waals surface area contributed by atoms with Crippen LogP contribution in [0.4, 0.5) is 0 Å². The monoisotopic (exact) mass is 299 g/mol. The smallest absolute Gasteiger partial charge is 0.195 e. The highest BCUT2D eigenvalue weighted by molar-refractivity contribution is 6.35. The second-order valence-corrected chi connectivity index (χ2v) is 4.87. The van der Waals surface area contributed by atoms with Gasteiger partial charge < -0.3 is 9.47 Å². The van der Waals surface area contributed by atoms with E-state index in [9.17, 15) is 10.1 Å². The molecule has 0 unspecified atom stereocenters. The minimum absolute atomic E-state index is 0.240. The number of carbonyl (C=O) groups is 1. The minimum atomic E-state index is -0.311. The molecule has 0 amide bonds. The Hall–Kier alpha value is -2.51. The number of benzene rings is 2. The number of nitriles is 1. The van der Waals surface area contributed by atoms with Gasteiger partial charge in [0.15, 0.2) is 17.3 Å². The number of halogens is 1. The van der Waals surface area contributed by atoms with Crippen LogP contribution in [0.2, 0.25) is 5.02 Å². The van der Waals surface area contributed by atoms with Gasteiger partial charge in [-0.2, -0.15) is 5.26 Å². The molecule has 0 aromatic heterocycles. The molecule has 1 aliphatic rings. The molecular weight excluding hydrogens is 290 g/mol. The minimum Gasteiger partial charge on any atom is -0.486 e. The molecule has 0 spiro atoms. The zero-order valence-electron chi connectivity index (χ0n) is 10.9. The van der Waals surface area contributed by atoms with E-state index in [1.54, 1.807) is 30.3 Å². The molecule has 0 atom stereocenters. The summed E-state index contributed by atoms with van der Waals surface area (Å²) in [5, 5.41) is 9.60. The molecule has 0 fully saturated rings. The highest BCUT2D eigenvalue weighted by Crippen LogP contribution is 2.34. The predicted molar refractivity (Wildman–Crippen MR) is 77.0 cm³/mol. The molecule has 21 heavy (non-hydrogen) atoms. The standard InChI is InChI=1S/C16H10ClNO3/c17-13-4-2-1-3-11(13)16(19)12-8-15-14(7-10(12)9-18)20-5-6-21-15/h1-4,7-8H,5-6H2. The summed E-state index contributed by atoms with van der Waals surface area (Å²) >= 11 is 6.05. The van der Waals surface area contributed by atoms with E-state index >= 15 is 0 Å². The van der Waals surface area contributed by atoms with Crippen LogP contribution in [-0.2, 0) is 0 Å². The van der Waals surface area contributed by atoms with Crippen molar-refractivity contribution in [2.24, 2.45) is 0 Å². The Morgan fingerprint density at radius 1 is 1.10 bits per heavy atom. The summed E-state index contributed by atoms with van der Waals surface area (Å²) in [7, 11) is 0. The maximum Gasteiger partial charge on any atom is 0.195 e. The number of hydrogen-bond donors (Lipinski definition) is 0. The van der Waals surface area contributed by atoms with E-state index in [2.05, 4.69) is 0 Å². The van der Waals surface area contributed by atoms with Crippen LogP contribution in [0.25, 0.3) is 0 Å². The van der Waals surface area contributed by atoms with Crippen LogP contribution in [0.15, 0.2) is 36.4 Å². The summed E-state index contributed by atoms with van der Waals surface area (Å²) in [6, 6.07) is 11.8. The quantitative estimate of drug-likeness (QED) is 0.799. The average Bonchev–Trinajstić information content (AvgIpc) is 2.53. The third-order valence-electron chi connectivity index (χ3n) is 3.17. The topological polar surface area (TPSA) is 59.3 Å². The lowest BCUT2D eigenvalue weighted by atomic mass is 9.98. The maximum atomic E-state index is 12.6. The van der Waals surface area contributed by atoms with Crippen LogP contribution in [0.1, 0.15) is 21.5 Å². The Labute approximate surface area is 126 Å². The summed E-state index contributed by atoms with van der Waals surface area (Å²) in [4.78, 5) is 12.6. The van der Waals surface area contributed by atoms with Crippen molar-refractivity contribution >= 4 is 17.4 Å². The first-order valence-electron chi connectivity index (χ1n) is 6.33. The van der Waals surface area contributed by atoms with E-state index in [1.165, 1.54) is 6.07 Å². The second kappa shape index (κ2) is 5.47. The number of carbonyl (C=O) groups excluding carboxylic acids is 1. The van der Waals surface area contributed by atoms with E-state index in [0.29, 0.717) is 35.3 Å². The number of hydrogen-bond acceptors (Lipinski definition) is 4. The van der Waals surface area contributed by atoms with Crippen LogP contribution in [0.5, 0.6) is 11.5 Å². The van der Waals surface area contributed by atoms with Crippen molar-refractivity contribution in [1.29, 1.82) is 5.26 Å². The summed E-state index contributed by atoms with van der Waals surface area (Å²) in [5.74, 6) is 0.637. The molecule has 1 heterocycles. The Balaban J connectivity index is 2.12. The summed E-state index contributed by atoms with van der Waals surface area (Å²) in [6.07, 6.45) is 0. The van der Waals surface area contributed by atoms with Crippen molar-refractivity contribution in [3.8, 4) is 17.6 Å². The zero-order chi connectivity index (χ0) is 14.8. The van der Waals surface area contributed by atoms with E-state index in [-0.39, 0.29) is 16.9 Å². The van der Waals surface area contributed by atoms with Gasteiger partial charge in [-0.15, -0.1) is 0 Å². The summed E-state index contributed by atoms with van der Waals surface area (Å²) in [6.45, 7) is 0.842. The summed E-state index contributed by atoms with van der Waals surface area (Å²) < 4.78 is 10.9. The van der Waals surface area contributed by atoms with Crippen molar-refractivity contribution in [3.05, 3.63) is 58.1 Å². The van der Waals surface area contributed by atoms with Crippen molar-refractivity contribution in [2.45, 2.75) is 0 Å². The normalized spacial score (nSPS) is 12.6. The fourth-order valence-electron chi connectivity index (χ4n) is 2.16. The SMILES string of the molecule is N#Cc1cc2c(cc1C(=O)c1ccccc1Cl)OCCO2. The predicted octanol–water partition coefficient (Wildman–Crippen LogP) is 3.21. The lowest BCUT2D eigenvalue weighted by molar-refractivity contribution is 0.103. The molecule has 0 radical (unpaired) electrons. The Kier molecular flexibility index (Phi) is 3.51. The Bertz CT molecular complexity index is 765. The number of ether oxygens (including phenoxy) is 2. The molecule has 3 rings (SSSR count). The van der Waals surface area contributed by atoms with Gasteiger partial charge in [0.1, 0.15) is 19.3 Å². The first-order valence-corrected chi connectivity index (χ1v) is 6.71. The van der Waals surface area contributed by atoms with Crippen molar-refractivity contribution < 1.29 is 14.3 Å². The van der Waals surface area contributed by atoms with E-state index in [0.717, 1.165) is 0 Å². The number of nitrogens with zero attached hydrogens (tertiary/aromatic N) is 1. The molecular formula is C16H10ClNO3. The first-order chi connectivity index (χ1) is 10.2. The van der Waals surface area contributed by atoms with Gasteiger partial charge in [-0.25, -0.2) is 0 Å². The van der Waals surface area contributed by atoms with E-state index in [4.69, 9.17) is 21.1 Å². The number of ketones is 1. The third kappa shape index (κ3) is 2.44. The third-order valence-corrected chi connectivity index (χ3v) is 3.50. The van der Waals surface area contributed by atoms with Gasteiger partial charge in [0, 0.05) is 17.2 Å². The van der Waals surface area contributed by atoms with Gasteiger partial charge in [-0.1, -0.05) is 23.7 Å². The first kappa shape index (κ1) is 13.5. The van der Waals surface area contributed by atoms with Crippen LogP contribution in [-0.4, -0.2) is 19.0 Å². The number of fused-ring (bicyclic) bond motifs is 1. The van der Waals surface area contributed by atoms with Crippen molar-refractivity contribution in [3.63, 3.8) is 0 Å². The van der Waals surface area contributed by atoms with Gasteiger partial charge in [-0.05, 0) is 18.2 Å². The van der Waals surface area contributed by atoms with Gasteiger partial charge in [0.25, 0.3) is 0 Å². The maximum absolute atomic E-state index is 12.6. The van der Waals surface area contributed by atoms with Crippen molar-refractivity contribution in [1.82, 2.24) is 0 Å². The van der Waals surface area contributed by atoms with Gasteiger partial charge >= 0.3 is 0 Å². The van der Waals surface area contributed by atoms with Crippen LogP contribution >= 0.6 is 11.6 Å². The average molecular weight is 300 g/mol. The fourth-order valence-corrected chi connectivity index (χ4v) is 2.38. The van der Waals surface area contributed by atoms with Gasteiger partial charge in [-0.3, -0.25) is 4.79 Å². The molecule has 2 aromatic rings. The Morgan fingerprint density at radius 2 is 1.76 bits per heavy atom. The Morgan fingerprint density at radius 3 is 2.43 bits per heavy atom. The number of rotatable bonds is 2. The molecule has 1 aliphatic heterocycles. The molecule has 0 saturated carbocycles. The van der Waals surface area contributed by atoms with Crippen LogP contribution < -0.4 is 9.47 Å². The van der Waals surface area contributed by atoms with Gasteiger partial charge in [0.2, 0.25) is 0 Å². The molecule has 0 N–H and O–H groups in total. The van der Waals surface area contributed by atoms with Crippen LogP contribution in [0.3, 0.4) is 0 Å². The molecule has 0 bridgehead atoms. The van der Waals surface area contributed by atoms with Crippen molar-refractivity contribution in [2.75, 3.05) is 13.2 Å². The second-order valence-electron chi connectivity index (χ2n) is 4.46. The highest BCUT2D eigenvalue weighted by Gasteiger charge is 2.21. The molecule has 4 nitrogen and oxygen atoms in total. The highest BCUT2D eigenvalue weighted by atomic mass is 35.5. The molecule has 0 aliphatic carbocycles. The summed E-state index contributed by atoms with van der Waals surface area (Å²) in [5.41, 5.74) is 0.853. The molecule has 2 aromatic carbocycles. The van der Waals surface area contributed by atoms with E-state index in [1.807, 2.05) is 6.07 Å². The van der Waals surface area contributed by atoms with E-state index < -0.39 is 0 Å². The fraction of sp³-hybridized carbons (Fsp3) is 0.125. The lowest BCUT2D eigenvalue weighted by Crippen LogP contribution is -2.16. The lowest BCUT2D eigenvalue weighted by Gasteiger charge is -2.19. The largest absolute Gasteiger partial charge is 0.486 e. The van der Waals surface area contributed by atoms with Crippen LogP contribution in [0, 0.1) is 11.3 Å².